The topological polar surface area (TPSA) is 116 Å². The normalized spacial score (nSPS) is 25.8. The van der Waals surface area contributed by atoms with Crippen molar-refractivity contribution >= 4 is 63.3 Å². The highest BCUT2D eigenvalue weighted by molar-refractivity contribution is 6.36. The van der Waals surface area contributed by atoms with Crippen molar-refractivity contribution in [2.45, 2.75) is 30.7 Å². The Morgan fingerprint density at radius 3 is 2.33 bits per heavy atom. The van der Waals surface area contributed by atoms with Gasteiger partial charge in [0.05, 0.1) is 47.5 Å². The van der Waals surface area contributed by atoms with Crippen LogP contribution < -0.4 is 10.2 Å². The number of nitrogens with one attached hydrogen (secondary N) is 1. The zero-order valence-corrected chi connectivity index (χ0v) is 31.1. The first-order valence-electron chi connectivity index (χ1n) is 18.2. The van der Waals surface area contributed by atoms with E-state index in [1.165, 1.54) is 11.0 Å². The number of hydrazine groups is 1. The second-order valence-electron chi connectivity index (χ2n) is 14.7. The summed E-state index contributed by atoms with van der Waals surface area (Å²) in [6.07, 6.45) is 2.36. The van der Waals surface area contributed by atoms with Gasteiger partial charge in [-0.1, -0.05) is 114 Å². The van der Waals surface area contributed by atoms with E-state index < -0.39 is 46.8 Å². The fourth-order valence-corrected chi connectivity index (χ4v) is 10.1. The number of phenols is 1. The van der Waals surface area contributed by atoms with Crippen molar-refractivity contribution in [3.05, 3.63) is 148 Å². The predicted octanol–water partition coefficient (Wildman–Crippen LogP) is 8.05. The van der Waals surface area contributed by atoms with Gasteiger partial charge in [0.25, 0.3) is 11.8 Å². The number of allylic oxidation sites excluding steroid dienone is 2. The predicted molar refractivity (Wildman–Crippen MR) is 208 cm³/mol. The van der Waals surface area contributed by atoms with E-state index in [9.17, 15) is 14.7 Å². The molecule has 0 bridgehead atoms. The molecule has 3 fully saturated rings. The molecule has 2 aliphatic carbocycles. The number of benzene rings is 5. The third-order valence-corrected chi connectivity index (χ3v) is 12.6. The summed E-state index contributed by atoms with van der Waals surface area (Å²) in [6.45, 7) is 0.138. The molecule has 11 heteroatoms. The lowest BCUT2D eigenvalue weighted by Crippen LogP contribution is -2.53. The summed E-state index contributed by atoms with van der Waals surface area (Å²) in [5.74, 6) is -4.97. The van der Waals surface area contributed by atoms with Gasteiger partial charge in [-0.2, -0.15) is 5.01 Å². The third kappa shape index (κ3) is 5.28. The Kier molecular flexibility index (Phi) is 8.47. The molecule has 5 aromatic carbocycles. The van der Waals surface area contributed by atoms with E-state index in [-0.39, 0.29) is 42.0 Å². The van der Waals surface area contributed by atoms with Crippen molar-refractivity contribution in [2.75, 3.05) is 12.5 Å². The van der Waals surface area contributed by atoms with E-state index in [0.29, 0.717) is 33.0 Å². The van der Waals surface area contributed by atoms with Crippen molar-refractivity contribution in [1.29, 1.82) is 0 Å². The summed E-state index contributed by atoms with van der Waals surface area (Å²) < 4.78 is 5.50. The smallest absolute Gasteiger partial charge is 0.260 e. The monoisotopic (exact) mass is 771 g/mol. The van der Waals surface area contributed by atoms with Crippen LogP contribution in [0.25, 0.3) is 10.8 Å². The number of hydrogen-bond acceptors (Lipinski definition) is 7. The average Bonchev–Trinajstić information content (AvgIpc) is 3.57. The maximum Gasteiger partial charge on any atom is 0.260 e. The average molecular weight is 773 g/mol. The van der Waals surface area contributed by atoms with Gasteiger partial charge >= 0.3 is 0 Å². The van der Waals surface area contributed by atoms with Crippen LogP contribution in [0.3, 0.4) is 0 Å². The molecule has 4 amide bonds. The van der Waals surface area contributed by atoms with Gasteiger partial charge in [0.2, 0.25) is 11.8 Å². The van der Waals surface area contributed by atoms with Crippen molar-refractivity contribution in [3.8, 4) is 11.5 Å². The number of carbonyl (C=O) groups excluding carboxylic acids is 4. The Hall–Kier alpha value is -5.64. The lowest BCUT2D eigenvalue weighted by atomic mass is 9.49. The lowest BCUT2D eigenvalue weighted by molar-refractivity contribution is -0.142. The van der Waals surface area contributed by atoms with Crippen LogP contribution in [0.2, 0.25) is 10.0 Å². The minimum absolute atomic E-state index is 0.0228. The standard InChI is InChI=1S/C44H35Cl2N3O6/c1-55-28-15-12-26(13-16-28)44-34(41(52)49(43(44)54)47-36-20-14-27(45)21-35(36)46)22-33-30(38(44)32-17-11-25-9-5-6-10-29(25)39(32)50)18-19-31-37(33)42(53)48(40(31)51)23-24-7-3-2-4-8-24/h2-18,20-21,31,33-34,37-38,47,50H,19,22-23H2,1H3/t31-,33+,34-,37-,38+,44+/m0/s1. The van der Waals surface area contributed by atoms with Gasteiger partial charge in [-0.3, -0.25) is 29.5 Å². The molecule has 0 radical (unpaired) electrons. The molecule has 6 atom stereocenters. The van der Waals surface area contributed by atoms with Crippen LogP contribution in [-0.4, -0.2) is 45.8 Å². The molecule has 4 aliphatic rings. The van der Waals surface area contributed by atoms with Gasteiger partial charge in [0.15, 0.2) is 0 Å². The van der Waals surface area contributed by atoms with Crippen molar-refractivity contribution in [3.63, 3.8) is 0 Å². The second kappa shape index (κ2) is 13.3. The molecular formula is C44H35Cl2N3O6. The van der Waals surface area contributed by atoms with E-state index >= 15 is 9.59 Å². The molecule has 5 aromatic rings. The number of methoxy groups -OCH3 is 1. The fraction of sp³-hybridized carbons (Fsp3) is 0.227. The number of phenolic OH excluding ortho intramolecular Hbond substituents is 1. The molecule has 2 saturated heterocycles. The Bertz CT molecular complexity index is 2450. The minimum Gasteiger partial charge on any atom is -0.507 e. The van der Waals surface area contributed by atoms with Crippen LogP contribution >= 0.6 is 23.2 Å². The number of rotatable bonds is 7. The number of likely N-dealkylation sites (tertiary alicyclic amines) is 1. The summed E-state index contributed by atoms with van der Waals surface area (Å²) in [7, 11) is 1.55. The summed E-state index contributed by atoms with van der Waals surface area (Å²) in [5, 5.41) is 15.2. The largest absolute Gasteiger partial charge is 0.507 e. The summed E-state index contributed by atoms with van der Waals surface area (Å²) >= 11 is 12.8. The molecule has 55 heavy (non-hydrogen) atoms. The zero-order valence-electron chi connectivity index (χ0n) is 29.6. The first kappa shape index (κ1) is 35.1. The van der Waals surface area contributed by atoms with Gasteiger partial charge in [-0.25, -0.2) is 0 Å². The van der Waals surface area contributed by atoms with Crippen LogP contribution in [0, 0.1) is 23.7 Å². The number of anilines is 1. The van der Waals surface area contributed by atoms with Gasteiger partial charge in [-0.15, -0.1) is 0 Å². The van der Waals surface area contributed by atoms with Crippen molar-refractivity contribution in [1.82, 2.24) is 9.91 Å². The SMILES string of the molecule is COc1ccc([C@@]23C(=O)N(Nc4ccc(Cl)cc4Cl)C(=O)[C@@H]2C[C@@H]2C(=CC[C@@H]4C(=O)N(Cc5ccccc5)C(=O)[C@@H]42)[C@@H]3c2ccc3ccccc3c2O)cc1. The molecule has 0 spiro atoms. The maximum absolute atomic E-state index is 15.5. The first-order valence-corrected chi connectivity index (χ1v) is 18.9. The number of ether oxygens (including phenoxy) is 1. The number of nitrogens with zero attached hydrogens (tertiary/aromatic N) is 2. The third-order valence-electron chi connectivity index (χ3n) is 12.1. The highest BCUT2D eigenvalue weighted by Gasteiger charge is 2.70. The molecule has 0 unspecified atom stereocenters. The van der Waals surface area contributed by atoms with E-state index in [4.69, 9.17) is 27.9 Å². The van der Waals surface area contributed by atoms with Crippen LogP contribution in [-0.2, 0) is 31.1 Å². The molecular weight excluding hydrogens is 737 g/mol. The second-order valence-corrected chi connectivity index (χ2v) is 15.5. The van der Waals surface area contributed by atoms with Crippen LogP contribution in [0.4, 0.5) is 5.69 Å². The summed E-state index contributed by atoms with van der Waals surface area (Å²) in [6, 6.07) is 32.3. The lowest BCUT2D eigenvalue weighted by Gasteiger charge is -2.50. The van der Waals surface area contributed by atoms with Crippen LogP contribution in [0.15, 0.2) is 121 Å². The molecule has 0 aromatic heterocycles. The Labute approximate surface area is 327 Å². The van der Waals surface area contributed by atoms with E-state index in [0.717, 1.165) is 21.5 Å². The molecule has 9 nitrogen and oxygen atoms in total. The number of imide groups is 2. The van der Waals surface area contributed by atoms with Crippen molar-refractivity contribution < 1.29 is 29.0 Å². The number of amides is 4. The number of carbonyl (C=O) groups is 4. The summed E-state index contributed by atoms with van der Waals surface area (Å²) in [4.78, 5) is 60.5. The molecule has 276 valence electrons. The number of halogens is 2. The molecule has 2 aliphatic heterocycles. The number of fused-ring (bicyclic) bond motifs is 5. The van der Waals surface area contributed by atoms with Gasteiger partial charge < -0.3 is 9.84 Å². The molecule has 2 heterocycles. The van der Waals surface area contributed by atoms with Crippen molar-refractivity contribution in [2.24, 2.45) is 23.7 Å². The van der Waals surface area contributed by atoms with Gasteiger partial charge in [-0.05, 0) is 65.6 Å². The van der Waals surface area contributed by atoms with Crippen LogP contribution in [0.5, 0.6) is 11.5 Å². The Balaban J connectivity index is 1.26. The summed E-state index contributed by atoms with van der Waals surface area (Å²) in [5.41, 5.74) is 4.27. The van der Waals surface area contributed by atoms with Gasteiger partial charge in [0, 0.05) is 21.9 Å². The first-order chi connectivity index (χ1) is 26.6. The Morgan fingerprint density at radius 2 is 1.58 bits per heavy atom. The number of aromatic hydroxyl groups is 1. The van der Waals surface area contributed by atoms with E-state index in [1.807, 2.05) is 72.8 Å². The molecule has 2 N–H and O–H groups in total. The van der Waals surface area contributed by atoms with Crippen LogP contribution in [0.1, 0.15) is 35.4 Å². The van der Waals surface area contributed by atoms with E-state index in [2.05, 4.69) is 5.43 Å². The van der Waals surface area contributed by atoms with Gasteiger partial charge in [0.1, 0.15) is 11.5 Å². The highest BCUT2D eigenvalue weighted by atomic mass is 35.5. The zero-order chi connectivity index (χ0) is 38.2. The van der Waals surface area contributed by atoms with E-state index in [1.54, 1.807) is 43.5 Å². The minimum atomic E-state index is -1.60. The number of hydrogen-bond donors (Lipinski definition) is 2. The highest BCUT2D eigenvalue weighted by Crippen LogP contribution is 2.65. The quantitative estimate of drug-likeness (QED) is 0.127. The maximum atomic E-state index is 15.5. The Morgan fingerprint density at radius 1 is 0.836 bits per heavy atom. The molecule has 1 saturated carbocycles. The fourth-order valence-electron chi connectivity index (χ4n) is 9.68. The molecule has 9 rings (SSSR count).